The maximum absolute atomic E-state index is 11.9. The van der Waals surface area contributed by atoms with Crippen LogP contribution in [0.1, 0.15) is 0 Å². The van der Waals surface area contributed by atoms with E-state index in [1.165, 1.54) is 11.8 Å². The molecule has 0 saturated carbocycles. The van der Waals surface area contributed by atoms with Crippen molar-refractivity contribution in [3.8, 4) is 5.75 Å². The van der Waals surface area contributed by atoms with Crippen molar-refractivity contribution in [3.05, 3.63) is 53.0 Å². The largest absolute Gasteiger partial charge is 0.497 e. The Hall–Kier alpha value is -1.46. The number of anilines is 1. The predicted molar refractivity (Wildman–Crippen MR) is 86.5 cm³/mol. The van der Waals surface area contributed by atoms with Crippen molar-refractivity contribution in [3.63, 3.8) is 0 Å². The average molecular weight is 352 g/mol. The molecule has 2 aromatic rings. The fourth-order valence-corrected chi connectivity index (χ4v) is 2.54. The van der Waals surface area contributed by atoms with Crippen LogP contribution < -0.4 is 10.1 Å². The lowest BCUT2D eigenvalue weighted by molar-refractivity contribution is -0.113. The first-order valence-corrected chi connectivity index (χ1v) is 7.77. The van der Waals surface area contributed by atoms with E-state index in [1.54, 1.807) is 13.2 Å². The number of hydrogen-bond donors (Lipinski definition) is 1. The van der Waals surface area contributed by atoms with Crippen molar-refractivity contribution in [2.24, 2.45) is 0 Å². The van der Waals surface area contributed by atoms with E-state index < -0.39 is 0 Å². The van der Waals surface area contributed by atoms with E-state index >= 15 is 0 Å². The van der Waals surface area contributed by atoms with Crippen LogP contribution in [0.5, 0.6) is 5.75 Å². The van der Waals surface area contributed by atoms with Gasteiger partial charge in [-0.05, 0) is 36.4 Å². The summed E-state index contributed by atoms with van der Waals surface area (Å²) >= 11 is 4.89. The molecule has 5 heteroatoms. The molecule has 0 aliphatic heterocycles. The molecule has 104 valence electrons. The molecule has 0 fully saturated rings. The topological polar surface area (TPSA) is 38.3 Å². The van der Waals surface area contributed by atoms with Gasteiger partial charge in [0.1, 0.15) is 5.75 Å². The molecule has 0 spiro atoms. The van der Waals surface area contributed by atoms with Crippen molar-refractivity contribution in [1.29, 1.82) is 0 Å². The summed E-state index contributed by atoms with van der Waals surface area (Å²) in [6.45, 7) is 0. The van der Waals surface area contributed by atoms with Gasteiger partial charge < -0.3 is 10.1 Å². The SMILES string of the molecule is COc1cccc(NC(=O)CSc2ccc(Br)cc2)c1. The highest BCUT2D eigenvalue weighted by atomic mass is 79.9. The van der Waals surface area contributed by atoms with Crippen LogP contribution in [0.25, 0.3) is 0 Å². The maximum atomic E-state index is 11.9. The fraction of sp³-hybridized carbons (Fsp3) is 0.133. The lowest BCUT2D eigenvalue weighted by Gasteiger charge is -2.07. The summed E-state index contributed by atoms with van der Waals surface area (Å²) in [5.74, 6) is 1.06. The zero-order chi connectivity index (χ0) is 14.4. The maximum Gasteiger partial charge on any atom is 0.234 e. The summed E-state index contributed by atoms with van der Waals surface area (Å²) in [6.07, 6.45) is 0. The molecule has 1 N–H and O–H groups in total. The van der Waals surface area contributed by atoms with E-state index in [9.17, 15) is 4.79 Å². The number of methoxy groups -OCH3 is 1. The number of carbonyl (C=O) groups is 1. The van der Waals surface area contributed by atoms with Crippen molar-refractivity contribution in [2.45, 2.75) is 4.90 Å². The van der Waals surface area contributed by atoms with Gasteiger partial charge in [0.05, 0.1) is 12.9 Å². The van der Waals surface area contributed by atoms with Gasteiger partial charge in [-0.1, -0.05) is 22.0 Å². The minimum absolute atomic E-state index is 0.0360. The van der Waals surface area contributed by atoms with Crippen molar-refractivity contribution < 1.29 is 9.53 Å². The second-order valence-corrected chi connectivity index (χ2v) is 5.99. The molecule has 1 amide bonds. The van der Waals surface area contributed by atoms with E-state index in [-0.39, 0.29) is 5.91 Å². The first-order chi connectivity index (χ1) is 9.67. The summed E-state index contributed by atoms with van der Waals surface area (Å²) in [7, 11) is 1.60. The van der Waals surface area contributed by atoms with E-state index in [0.717, 1.165) is 20.8 Å². The highest BCUT2D eigenvalue weighted by Crippen LogP contribution is 2.21. The molecule has 2 rings (SSSR count). The Balaban J connectivity index is 1.87. The monoisotopic (exact) mass is 351 g/mol. The fourth-order valence-electron chi connectivity index (χ4n) is 1.58. The number of hydrogen-bond acceptors (Lipinski definition) is 3. The lowest BCUT2D eigenvalue weighted by atomic mass is 10.3. The third-order valence-corrected chi connectivity index (χ3v) is 4.08. The first kappa shape index (κ1) is 14.9. The number of halogens is 1. The molecule has 0 radical (unpaired) electrons. The minimum Gasteiger partial charge on any atom is -0.497 e. The average Bonchev–Trinajstić information content (AvgIpc) is 2.47. The molecule has 2 aromatic carbocycles. The highest BCUT2D eigenvalue weighted by Gasteiger charge is 2.04. The third kappa shape index (κ3) is 4.58. The normalized spacial score (nSPS) is 10.1. The van der Waals surface area contributed by atoms with Crippen LogP contribution in [0.2, 0.25) is 0 Å². The minimum atomic E-state index is -0.0360. The Kier molecular flexibility index (Phi) is 5.49. The van der Waals surface area contributed by atoms with Crippen LogP contribution in [0, 0.1) is 0 Å². The number of ether oxygens (including phenoxy) is 1. The number of nitrogens with one attached hydrogen (secondary N) is 1. The van der Waals surface area contributed by atoms with Crippen LogP contribution in [0.15, 0.2) is 57.9 Å². The zero-order valence-corrected chi connectivity index (χ0v) is 13.3. The molecule has 0 atom stereocenters. The Morgan fingerprint density at radius 1 is 1.25 bits per heavy atom. The van der Waals surface area contributed by atoms with E-state index in [1.807, 2.05) is 42.5 Å². The zero-order valence-electron chi connectivity index (χ0n) is 10.9. The van der Waals surface area contributed by atoms with E-state index in [0.29, 0.717) is 5.75 Å². The Bertz CT molecular complexity index is 587. The number of thioether (sulfide) groups is 1. The van der Waals surface area contributed by atoms with Crippen LogP contribution >= 0.6 is 27.7 Å². The summed E-state index contributed by atoms with van der Waals surface area (Å²) < 4.78 is 6.15. The molecule has 20 heavy (non-hydrogen) atoms. The van der Waals surface area contributed by atoms with E-state index in [4.69, 9.17) is 4.74 Å². The summed E-state index contributed by atoms with van der Waals surface area (Å²) in [6, 6.07) is 15.2. The molecule has 0 saturated heterocycles. The smallest absolute Gasteiger partial charge is 0.234 e. The summed E-state index contributed by atoms with van der Waals surface area (Å²) in [4.78, 5) is 12.9. The molecule has 3 nitrogen and oxygen atoms in total. The van der Waals surface area contributed by atoms with Crippen LogP contribution in [0.3, 0.4) is 0 Å². The number of amides is 1. The molecule has 0 aliphatic carbocycles. The molecule has 0 aliphatic rings. The van der Waals surface area contributed by atoms with Gasteiger partial charge in [-0.2, -0.15) is 0 Å². The molecule has 0 aromatic heterocycles. The Morgan fingerprint density at radius 2 is 2.00 bits per heavy atom. The van der Waals surface area contributed by atoms with Gasteiger partial charge in [-0.25, -0.2) is 0 Å². The lowest BCUT2D eigenvalue weighted by Crippen LogP contribution is -2.13. The van der Waals surface area contributed by atoms with E-state index in [2.05, 4.69) is 21.2 Å². The number of rotatable bonds is 5. The molecular formula is C15H14BrNO2S. The first-order valence-electron chi connectivity index (χ1n) is 5.99. The highest BCUT2D eigenvalue weighted by molar-refractivity contribution is 9.10. The predicted octanol–water partition coefficient (Wildman–Crippen LogP) is 4.19. The molecular weight excluding hydrogens is 338 g/mol. The van der Waals surface area contributed by atoms with Crippen molar-refractivity contribution in [2.75, 3.05) is 18.2 Å². The quantitative estimate of drug-likeness (QED) is 0.820. The van der Waals surface area contributed by atoms with Crippen molar-refractivity contribution >= 4 is 39.3 Å². The summed E-state index contributed by atoms with van der Waals surface area (Å²) in [5.41, 5.74) is 0.741. The Labute approximate surface area is 130 Å². The second kappa shape index (κ2) is 7.36. The van der Waals surface area contributed by atoms with Crippen LogP contribution in [0.4, 0.5) is 5.69 Å². The van der Waals surface area contributed by atoms with Gasteiger partial charge in [0.2, 0.25) is 5.91 Å². The third-order valence-electron chi connectivity index (χ3n) is 2.54. The summed E-state index contributed by atoms with van der Waals surface area (Å²) in [5, 5.41) is 2.85. The van der Waals surface area contributed by atoms with Gasteiger partial charge >= 0.3 is 0 Å². The van der Waals surface area contributed by atoms with Crippen LogP contribution in [-0.2, 0) is 4.79 Å². The Morgan fingerprint density at radius 3 is 2.70 bits per heavy atom. The van der Waals surface area contributed by atoms with Crippen molar-refractivity contribution in [1.82, 2.24) is 0 Å². The van der Waals surface area contributed by atoms with Gasteiger partial charge in [-0.15, -0.1) is 11.8 Å². The van der Waals surface area contributed by atoms with Gasteiger partial charge in [0.15, 0.2) is 0 Å². The van der Waals surface area contributed by atoms with Gasteiger partial charge in [0, 0.05) is 21.1 Å². The van der Waals surface area contributed by atoms with Crippen LogP contribution in [-0.4, -0.2) is 18.8 Å². The molecule has 0 unspecified atom stereocenters. The number of carbonyl (C=O) groups excluding carboxylic acids is 1. The van der Waals surface area contributed by atoms with Gasteiger partial charge in [0.25, 0.3) is 0 Å². The molecule has 0 bridgehead atoms. The standard InChI is InChI=1S/C15H14BrNO2S/c1-19-13-4-2-3-12(9-13)17-15(18)10-20-14-7-5-11(16)6-8-14/h2-9H,10H2,1H3,(H,17,18). The second-order valence-electron chi connectivity index (χ2n) is 4.02. The van der Waals surface area contributed by atoms with Gasteiger partial charge in [-0.3, -0.25) is 4.79 Å². The number of benzene rings is 2. The molecule has 0 heterocycles.